The molecule has 2 unspecified atom stereocenters. The number of hydrogen-bond donors (Lipinski definition) is 0. The van der Waals surface area contributed by atoms with Crippen LogP contribution in [0, 0.1) is 29.1 Å². The van der Waals surface area contributed by atoms with Crippen molar-refractivity contribution in [1.29, 1.82) is 5.26 Å². The summed E-state index contributed by atoms with van der Waals surface area (Å²) >= 11 is 0. The molecule has 0 heterocycles. The minimum atomic E-state index is 1.01. The number of hydrogen-bond acceptors (Lipinski definition) is 1. The molecule has 0 aliphatic heterocycles. The monoisotopic (exact) mass is 249 g/mol. The van der Waals surface area contributed by atoms with Crippen molar-refractivity contribution in [1.82, 2.24) is 0 Å². The zero-order valence-corrected chi connectivity index (χ0v) is 12.5. The standard InChI is InChI=1S/C15H28.C2H3N/c1-13-8-6-7-11-15(12-13)14-9-4-2-3-5-10-14;1-2-3/h13-15H,2-12H2,1H3;1H3. The van der Waals surface area contributed by atoms with Gasteiger partial charge in [0.1, 0.15) is 0 Å². The summed E-state index contributed by atoms with van der Waals surface area (Å²) in [6.45, 7) is 3.91. The third kappa shape index (κ3) is 5.89. The molecule has 0 spiro atoms. The molecule has 0 saturated heterocycles. The predicted octanol–water partition coefficient (Wildman–Crippen LogP) is 5.70. The van der Waals surface area contributed by atoms with Gasteiger partial charge in [-0.2, -0.15) is 5.26 Å². The lowest BCUT2D eigenvalue weighted by Crippen LogP contribution is -2.15. The van der Waals surface area contributed by atoms with Gasteiger partial charge in [0.05, 0.1) is 6.07 Å². The van der Waals surface area contributed by atoms with Crippen molar-refractivity contribution < 1.29 is 0 Å². The van der Waals surface area contributed by atoms with Crippen molar-refractivity contribution in [3.63, 3.8) is 0 Å². The molecule has 2 fully saturated rings. The molecule has 104 valence electrons. The topological polar surface area (TPSA) is 23.8 Å². The summed E-state index contributed by atoms with van der Waals surface area (Å²) in [6, 6.07) is 1.75. The second kappa shape index (κ2) is 9.42. The quantitative estimate of drug-likeness (QED) is 0.547. The fourth-order valence-corrected chi connectivity index (χ4v) is 3.86. The molecule has 0 N–H and O–H groups in total. The highest BCUT2D eigenvalue weighted by molar-refractivity contribution is 4.77. The molecule has 2 atom stereocenters. The molecule has 2 saturated carbocycles. The summed E-state index contributed by atoms with van der Waals surface area (Å²) in [7, 11) is 0. The first-order chi connectivity index (χ1) is 8.77. The maximum atomic E-state index is 7.32. The molecule has 0 aromatic carbocycles. The average Bonchev–Trinajstić information content (AvgIpc) is 2.72. The molecule has 18 heavy (non-hydrogen) atoms. The van der Waals surface area contributed by atoms with Crippen LogP contribution in [0.5, 0.6) is 0 Å². The maximum Gasteiger partial charge on any atom is 0.0587 e. The van der Waals surface area contributed by atoms with Gasteiger partial charge < -0.3 is 0 Å². The van der Waals surface area contributed by atoms with E-state index >= 15 is 0 Å². The molecule has 0 amide bonds. The van der Waals surface area contributed by atoms with Gasteiger partial charge in [-0.3, -0.25) is 0 Å². The molecular weight excluding hydrogens is 218 g/mol. The zero-order valence-electron chi connectivity index (χ0n) is 12.5. The molecule has 2 rings (SSSR count). The van der Waals surface area contributed by atoms with Crippen LogP contribution >= 0.6 is 0 Å². The Morgan fingerprint density at radius 1 is 0.778 bits per heavy atom. The van der Waals surface area contributed by atoms with Gasteiger partial charge in [-0.25, -0.2) is 0 Å². The van der Waals surface area contributed by atoms with Crippen molar-refractivity contribution in [2.24, 2.45) is 17.8 Å². The molecule has 2 aliphatic rings. The first-order valence-electron chi connectivity index (χ1n) is 8.08. The van der Waals surface area contributed by atoms with Crippen LogP contribution in [0.4, 0.5) is 0 Å². The maximum absolute atomic E-state index is 7.32. The van der Waals surface area contributed by atoms with Crippen molar-refractivity contribution >= 4 is 0 Å². The summed E-state index contributed by atoms with van der Waals surface area (Å²) in [6.07, 6.45) is 16.8. The van der Waals surface area contributed by atoms with E-state index in [0.717, 1.165) is 17.8 Å². The average molecular weight is 249 g/mol. The molecule has 0 aromatic heterocycles. The Kier molecular flexibility index (Phi) is 8.14. The van der Waals surface area contributed by atoms with Gasteiger partial charge in [0.15, 0.2) is 0 Å². The van der Waals surface area contributed by atoms with E-state index in [4.69, 9.17) is 5.26 Å². The fourth-order valence-electron chi connectivity index (χ4n) is 3.86. The van der Waals surface area contributed by atoms with Crippen LogP contribution in [0.25, 0.3) is 0 Å². The normalized spacial score (nSPS) is 30.3. The zero-order chi connectivity index (χ0) is 13.2. The number of rotatable bonds is 1. The third-order valence-electron chi connectivity index (χ3n) is 4.79. The molecular formula is C17H31N. The van der Waals surface area contributed by atoms with Crippen LogP contribution in [0.3, 0.4) is 0 Å². The first-order valence-corrected chi connectivity index (χ1v) is 8.08. The first kappa shape index (κ1) is 15.5. The van der Waals surface area contributed by atoms with Crippen LogP contribution < -0.4 is 0 Å². The Hall–Kier alpha value is -0.510. The molecule has 1 nitrogen and oxygen atoms in total. The van der Waals surface area contributed by atoms with Gasteiger partial charge in [0, 0.05) is 6.92 Å². The van der Waals surface area contributed by atoms with Crippen LogP contribution in [-0.4, -0.2) is 0 Å². The Labute approximate surface area is 114 Å². The van der Waals surface area contributed by atoms with E-state index in [1.54, 1.807) is 31.8 Å². The lowest BCUT2D eigenvalue weighted by Gasteiger charge is -2.26. The second-order valence-corrected chi connectivity index (χ2v) is 6.36. The van der Waals surface area contributed by atoms with Gasteiger partial charge in [0.2, 0.25) is 0 Å². The minimum absolute atomic E-state index is 1.01. The van der Waals surface area contributed by atoms with Crippen molar-refractivity contribution in [2.75, 3.05) is 0 Å². The van der Waals surface area contributed by atoms with E-state index in [-0.39, 0.29) is 0 Å². The van der Waals surface area contributed by atoms with Gasteiger partial charge in [-0.15, -0.1) is 0 Å². The lowest BCUT2D eigenvalue weighted by molar-refractivity contribution is 0.248. The fraction of sp³-hybridized carbons (Fsp3) is 0.941. The van der Waals surface area contributed by atoms with E-state index in [1.807, 2.05) is 0 Å². The molecule has 1 heteroatoms. The number of nitriles is 1. The smallest absolute Gasteiger partial charge is 0.0587 e. The number of nitrogens with zero attached hydrogens (tertiary/aromatic N) is 1. The minimum Gasteiger partial charge on any atom is -0.199 e. The molecule has 2 aliphatic carbocycles. The van der Waals surface area contributed by atoms with E-state index in [2.05, 4.69) is 6.92 Å². The molecule has 0 radical (unpaired) electrons. The Balaban J connectivity index is 0.000000492. The summed E-state index contributed by atoms with van der Waals surface area (Å²) in [5.41, 5.74) is 0. The lowest BCUT2D eigenvalue weighted by atomic mass is 9.79. The van der Waals surface area contributed by atoms with Crippen LogP contribution in [0.1, 0.15) is 84.5 Å². The highest BCUT2D eigenvalue weighted by atomic mass is 14.3. The van der Waals surface area contributed by atoms with Crippen LogP contribution in [0.2, 0.25) is 0 Å². The van der Waals surface area contributed by atoms with Gasteiger partial charge in [0.25, 0.3) is 0 Å². The highest BCUT2D eigenvalue weighted by Crippen LogP contribution is 2.38. The summed E-state index contributed by atoms with van der Waals surface area (Å²) in [5.74, 6) is 3.22. The Bertz CT molecular complexity index is 232. The Morgan fingerprint density at radius 2 is 1.22 bits per heavy atom. The van der Waals surface area contributed by atoms with Crippen molar-refractivity contribution in [2.45, 2.75) is 84.5 Å². The van der Waals surface area contributed by atoms with E-state index in [0.29, 0.717) is 0 Å². The van der Waals surface area contributed by atoms with E-state index < -0.39 is 0 Å². The highest BCUT2D eigenvalue weighted by Gasteiger charge is 2.25. The SMILES string of the molecule is CC#N.CC1CCCCC(C2CCCCCC2)C1. The third-order valence-corrected chi connectivity index (χ3v) is 4.79. The van der Waals surface area contributed by atoms with Crippen LogP contribution in [-0.2, 0) is 0 Å². The van der Waals surface area contributed by atoms with Crippen molar-refractivity contribution in [3.8, 4) is 6.07 Å². The second-order valence-electron chi connectivity index (χ2n) is 6.36. The summed E-state index contributed by atoms with van der Waals surface area (Å²) in [5, 5.41) is 7.32. The Morgan fingerprint density at radius 3 is 1.83 bits per heavy atom. The van der Waals surface area contributed by atoms with Crippen LogP contribution in [0.15, 0.2) is 0 Å². The van der Waals surface area contributed by atoms with Gasteiger partial charge in [-0.05, 0) is 24.2 Å². The largest absolute Gasteiger partial charge is 0.199 e. The van der Waals surface area contributed by atoms with Gasteiger partial charge in [-0.1, -0.05) is 71.1 Å². The molecule has 0 aromatic rings. The van der Waals surface area contributed by atoms with E-state index in [9.17, 15) is 0 Å². The summed E-state index contributed by atoms with van der Waals surface area (Å²) < 4.78 is 0. The summed E-state index contributed by atoms with van der Waals surface area (Å²) in [4.78, 5) is 0. The van der Waals surface area contributed by atoms with Crippen molar-refractivity contribution in [3.05, 3.63) is 0 Å². The van der Waals surface area contributed by atoms with Gasteiger partial charge >= 0.3 is 0 Å². The van der Waals surface area contributed by atoms with E-state index in [1.165, 1.54) is 51.9 Å². The predicted molar refractivity (Wildman–Crippen MR) is 78.2 cm³/mol. The molecule has 0 bridgehead atoms.